The zero-order valence-electron chi connectivity index (χ0n) is 16.8. The van der Waals surface area contributed by atoms with Gasteiger partial charge in [-0.05, 0) is 31.9 Å². The Hall–Kier alpha value is -3.03. The zero-order valence-corrected chi connectivity index (χ0v) is 18.4. The van der Waals surface area contributed by atoms with E-state index in [0.29, 0.717) is 27.2 Å². The van der Waals surface area contributed by atoms with E-state index in [9.17, 15) is 4.79 Å². The van der Waals surface area contributed by atoms with E-state index < -0.39 is 0 Å². The predicted molar refractivity (Wildman–Crippen MR) is 120 cm³/mol. The fraction of sp³-hybridized carbons (Fsp3) is 0.217. The van der Waals surface area contributed by atoms with Gasteiger partial charge in [-0.2, -0.15) is 0 Å². The van der Waals surface area contributed by atoms with E-state index in [0.717, 1.165) is 29.1 Å². The summed E-state index contributed by atoms with van der Waals surface area (Å²) in [6.07, 6.45) is 1.95. The number of carbonyl (C=O) groups excluding carboxylic acids is 1. The summed E-state index contributed by atoms with van der Waals surface area (Å²) in [5, 5.41) is 9.66. The van der Waals surface area contributed by atoms with Crippen LogP contribution in [0.15, 0.2) is 59.0 Å². The molecule has 1 fully saturated rings. The first-order chi connectivity index (χ1) is 15.1. The van der Waals surface area contributed by atoms with E-state index in [2.05, 4.69) is 15.2 Å². The van der Waals surface area contributed by atoms with Crippen molar-refractivity contribution in [2.24, 2.45) is 0 Å². The molecular formula is C23H19ClN4O2S. The Morgan fingerprint density at radius 2 is 1.87 bits per heavy atom. The Morgan fingerprint density at radius 3 is 2.61 bits per heavy atom. The maximum absolute atomic E-state index is 13.4. The molecule has 0 saturated heterocycles. The number of nitrogens with zero attached hydrogens (tertiary/aromatic N) is 4. The quantitative estimate of drug-likeness (QED) is 0.381. The average Bonchev–Trinajstić information content (AvgIpc) is 3.39. The standard InChI is InChI=1S/C23H19ClN4O2S/c1-14-20(31-22(25-14)15-7-3-2-4-8-15)23(29)28(16-11-12-16)13-19-26-27-21(30-19)17-9-5-6-10-18(17)24/h2-10,16H,11-13H2,1H3. The Kier molecular flexibility index (Phi) is 5.29. The van der Waals surface area contributed by atoms with Gasteiger partial charge in [0.25, 0.3) is 5.91 Å². The minimum atomic E-state index is -0.0443. The van der Waals surface area contributed by atoms with E-state index >= 15 is 0 Å². The van der Waals surface area contributed by atoms with Gasteiger partial charge in [0.05, 0.1) is 22.8 Å². The van der Waals surface area contributed by atoms with Gasteiger partial charge in [0.1, 0.15) is 9.88 Å². The monoisotopic (exact) mass is 450 g/mol. The van der Waals surface area contributed by atoms with Crippen LogP contribution >= 0.6 is 22.9 Å². The number of rotatable bonds is 6. The maximum Gasteiger partial charge on any atom is 0.266 e. The van der Waals surface area contributed by atoms with Crippen molar-refractivity contribution in [1.29, 1.82) is 0 Å². The molecule has 2 aromatic carbocycles. The molecule has 1 amide bonds. The van der Waals surface area contributed by atoms with E-state index in [1.807, 2.05) is 60.4 Å². The van der Waals surface area contributed by atoms with Gasteiger partial charge in [0, 0.05) is 11.6 Å². The lowest BCUT2D eigenvalue weighted by atomic mass is 10.2. The lowest BCUT2D eigenvalue weighted by Gasteiger charge is -2.19. The number of aromatic nitrogens is 3. The smallest absolute Gasteiger partial charge is 0.266 e. The van der Waals surface area contributed by atoms with Crippen LogP contribution in [-0.4, -0.2) is 32.0 Å². The molecule has 156 valence electrons. The van der Waals surface area contributed by atoms with Gasteiger partial charge in [-0.3, -0.25) is 4.79 Å². The highest BCUT2D eigenvalue weighted by molar-refractivity contribution is 7.17. The van der Waals surface area contributed by atoms with Gasteiger partial charge >= 0.3 is 0 Å². The SMILES string of the molecule is Cc1nc(-c2ccccc2)sc1C(=O)N(Cc1nnc(-c2ccccc2Cl)o1)C1CC1. The summed E-state index contributed by atoms with van der Waals surface area (Å²) < 4.78 is 5.84. The molecule has 2 heterocycles. The maximum atomic E-state index is 13.4. The topological polar surface area (TPSA) is 72.1 Å². The Bertz CT molecular complexity index is 1230. The second-order valence-corrected chi connectivity index (χ2v) is 8.85. The van der Waals surface area contributed by atoms with Crippen LogP contribution in [0.1, 0.15) is 34.1 Å². The molecule has 31 heavy (non-hydrogen) atoms. The van der Waals surface area contributed by atoms with Crippen molar-refractivity contribution in [2.75, 3.05) is 0 Å². The molecule has 1 saturated carbocycles. The lowest BCUT2D eigenvalue weighted by Crippen LogP contribution is -2.32. The summed E-state index contributed by atoms with van der Waals surface area (Å²) in [5.41, 5.74) is 2.42. The van der Waals surface area contributed by atoms with Crippen LogP contribution in [-0.2, 0) is 6.54 Å². The second-order valence-electron chi connectivity index (χ2n) is 7.44. The zero-order chi connectivity index (χ0) is 21.4. The van der Waals surface area contributed by atoms with Crippen LogP contribution in [0.3, 0.4) is 0 Å². The molecule has 0 spiro atoms. The number of amides is 1. The number of hydrogen-bond acceptors (Lipinski definition) is 6. The molecule has 0 atom stereocenters. The van der Waals surface area contributed by atoms with Gasteiger partial charge in [0.15, 0.2) is 0 Å². The summed E-state index contributed by atoms with van der Waals surface area (Å²) in [5.74, 6) is 0.696. The van der Waals surface area contributed by atoms with Gasteiger partial charge in [-0.25, -0.2) is 4.98 Å². The van der Waals surface area contributed by atoms with Crippen molar-refractivity contribution in [3.05, 3.63) is 76.1 Å². The summed E-state index contributed by atoms with van der Waals surface area (Å²) in [7, 11) is 0. The van der Waals surface area contributed by atoms with E-state index in [1.54, 1.807) is 6.07 Å². The minimum Gasteiger partial charge on any atom is -0.419 e. The van der Waals surface area contributed by atoms with Crippen molar-refractivity contribution in [3.63, 3.8) is 0 Å². The third kappa shape index (κ3) is 4.11. The summed E-state index contributed by atoms with van der Waals surface area (Å²) in [6.45, 7) is 2.14. The van der Waals surface area contributed by atoms with E-state index in [1.165, 1.54) is 11.3 Å². The van der Waals surface area contributed by atoms with Gasteiger partial charge in [0.2, 0.25) is 11.8 Å². The Balaban J connectivity index is 1.39. The molecule has 1 aliphatic carbocycles. The van der Waals surface area contributed by atoms with Crippen LogP contribution < -0.4 is 0 Å². The first kappa shape index (κ1) is 19.9. The number of benzene rings is 2. The van der Waals surface area contributed by atoms with Crippen LogP contribution in [0.4, 0.5) is 0 Å². The van der Waals surface area contributed by atoms with Gasteiger partial charge in [-0.1, -0.05) is 54.1 Å². The fourth-order valence-electron chi connectivity index (χ4n) is 3.39. The Labute approximate surface area is 188 Å². The van der Waals surface area contributed by atoms with E-state index in [-0.39, 0.29) is 18.5 Å². The highest BCUT2D eigenvalue weighted by Crippen LogP contribution is 2.34. The molecule has 1 aliphatic rings. The molecule has 4 aromatic rings. The number of hydrogen-bond donors (Lipinski definition) is 0. The molecule has 6 nitrogen and oxygen atoms in total. The molecule has 0 bridgehead atoms. The van der Waals surface area contributed by atoms with Crippen LogP contribution in [0.2, 0.25) is 5.02 Å². The molecule has 0 N–H and O–H groups in total. The van der Waals surface area contributed by atoms with Crippen molar-refractivity contribution < 1.29 is 9.21 Å². The highest BCUT2D eigenvalue weighted by Gasteiger charge is 2.36. The molecule has 0 aliphatic heterocycles. The first-order valence-corrected chi connectivity index (χ1v) is 11.2. The summed E-state index contributed by atoms with van der Waals surface area (Å²) in [4.78, 5) is 20.5. The number of aryl methyl sites for hydroxylation is 1. The number of thiazole rings is 1. The molecule has 2 aromatic heterocycles. The van der Waals surface area contributed by atoms with Crippen LogP contribution in [0.25, 0.3) is 22.0 Å². The lowest BCUT2D eigenvalue weighted by molar-refractivity contribution is 0.0718. The molecule has 0 unspecified atom stereocenters. The van der Waals surface area contributed by atoms with Crippen molar-refractivity contribution in [3.8, 4) is 22.0 Å². The highest BCUT2D eigenvalue weighted by atomic mass is 35.5. The minimum absolute atomic E-state index is 0.0443. The summed E-state index contributed by atoms with van der Waals surface area (Å²) in [6, 6.07) is 17.4. The van der Waals surface area contributed by atoms with Gasteiger partial charge < -0.3 is 9.32 Å². The molecular weight excluding hydrogens is 432 g/mol. The average molecular weight is 451 g/mol. The van der Waals surface area contributed by atoms with Crippen LogP contribution in [0, 0.1) is 6.92 Å². The molecule has 0 radical (unpaired) electrons. The first-order valence-electron chi connectivity index (χ1n) is 10.0. The molecule has 5 rings (SSSR count). The largest absolute Gasteiger partial charge is 0.419 e. The summed E-state index contributed by atoms with van der Waals surface area (Å²) >= 11 is 7.66. The van der Waals surface area contributed by atoms with Crippen molar-refractivity contribution in [2.45, 2.75) is 32.4 Å². The predicted octanol–water partition coefficient (Wildman–Crippen LogP) is 5.63. The van der Waals surface area contributed by atoms with E-state index in [4.69, 9.17) is 16.0 Å². The Morgan fingerprint density at radius 1 is 1.13 bits per heavy atom. The normalized spacial score (nSPS) is 13.4. The van der Waals surface area contributed by atoms with Crippen LogP contribution in [0.5, 0.6) is 0 Å². The third-order valence-corrected chi connectivity index (χ3v) is 6.66. The van der Waals surface area contributed by atoms with Gasteiger partial charge in [-0.15, -0.1) is 21.5 Å². The number of halogens is 1. The van der Waals surface area contributed by atoms with Crippen molar-refractivity contribution >= 4 is 28.8 Å². The number of carbonyl (C=O) groups is 1. The third-order valence-electron chi connectivity index (χ3n) is 5.14. The second kappa shape index (κ2) is 8.24. The fourth-order valence-corrected chi connectivity index (χ4v) is 4.63. The molecule has 8 heteroatoms. The van der Waals surface area contributed by atoms with Crippen molar-refractivity contribution in [1.82, 2.24) is 20.1 Å².